The molecule has 19 heavy (non-hydrogen) atoms. The van der Waals surface area contributed by atoms with Crippen LogP contribution in [0, 0.1) is 12.8 Å². The van der Waals surface area contributed by atoms with E-state index in [1.165, 1.54) is 32.1 Å². The van der Waals surface area contributed by atoms with Crippen molar-refractivity contribution in [3.8, 4) is 0 Å². The smallest absolute Gasteiger partial charge is 0.224 e. The number of aryl methyl sites for hydroxylation is 1. The van der Waals surface area contributed by atoms with E-state index >= 15 is 0 Å². The third-order valence-electron chi connectivity index (χ3n) is 3.48. The van der Waals surface area contributed by atoms with Gasteiger partial charge in [-0.2, -0.15) is 4.98 Å². The Morgan fingerprint density at radius 3 is 2.63 bits per heavy atom. The Bertz CT molecular complexity index is 397. The van der Waals surface area contributed by atoms with E-state index in [4.69, 9.17) is 0 Å². The number of rotatable bonds is 5. The quantitative estimate of drug-likeness (QED) is 0.851. The third kappa shape index (κ3) is 4.69. The van der Waals surface area contributed by atoms with E-state index in [0.29, 0.717) is 12.0 Å². The standard InChI is InChI=1S/C15H26N4/c1-11(2)10-16-15-17-12(3)9-14(19-15)18-13-7-5-4-6-8-13/h9,11,13H,4-8,10H2,1-3H3,(H2,16,17,18,19). The number of hydrogen-bond acceptors (Lipinski definition) is 4. The van der Waals surface area contributed by atoms with E-state index in [9.17, 15) is 0 Å². The molecule has 0 spiro atoms. The van der Waals surface area contributed by atoms with Gasteiger partial charge < -0.3 is 10.6 Å². The van der Waals surface area contributed by atoms with Crippen molar-refractivity contribution in [2.45, 2.75) is 58.9 Å². The molecule has 4 heteroatoms. The highest BCUT2D eigenvalue weighted by Crippen LogP contribution is 2.21. The van der Waals surface area contributed by atoms with Crippen LogP contribution in [0.15, 0.2) is 6.07 Å². The predicted octanol–water partition coefficient (Wildman–Crippen LogP) is 3.60. The fourth-order valence-electron chi connectivity index (χ4n) is 2.47. The van der Waals surface area contributed by atoms with Crippen LogP contribution in [-0.4, -0.2) is 22.6 Å². The number of aromatic nitrogens is 2. The summed E-state index contributed by atoms with van der Waals surface area (Å²) in [6, 6.07) is 2.62. The van der Waals surface area contributed by atoms with Crippen LogP contribution in [0.5, 0.6) is 0 Å². The molecular formula is C15H26N4. The van der Waals surface area contributed by atoms with Gasteiger partial charge in [-0.25, -0.2) is 4.98 Å². The molecule has 2 N–H and O–H groups in total. The van der Waals surface area contributed by atoms with Crippen LogP contribution >= 0.6 is 0 Å². The maximum absolute atomic E-state index is 4.57. The monoisotopic (exact) mass is 262 g/mol. The van der Waals surface area contributed by atoms with Crippen molar-refractivity contribution in [3.63, 3.8) is 0 Å². The number of anilines is 2. The molecule has 0 aliphatic heterocycles. The van der Waals surface area contributed by atoms with Crippen molar-refractivity contribution >= 4 is 11.8 Å². The molecule has 0 saturated heterocycles. The van der Waals surface area contributed by atoms with Gasteiger partial charge in [0.05, 0.1) is 0 Å². The summed E-state index contributed by atoms with van der Waals surface area (Å²) in [7, 11) is 0. The summed E-state index contributed by atoms with van der Waals surface area (Å²) in [5.74, 6) is 2.30. The van der Waals surface area contributed by atoms with Gasteiger partial charge in [-0.3, -0.25) is 0 Å². The fraction of sp³-hybridized carbons (Fsp3) is 0.733. The molecule has 1 heterocycles. The maximum atomic E-state index is 4.57. The summed E-state index contributed by atoms with van der Waals surface area (Å²) >= 11 is 0. The Balaban J connectivity index is 1.99. The molecule has 0 radical (unpaired) electrons. The first kappa shape index (κ1) is 14.1. The second kappa shape index (κ2) is 6.73. The highest BCUT2D eigenvalue weighted by atomic mass is 15.1. The van der Waals surface area contributed by atoms with E-state index in [0.717, 1.165) is 24.0 Å². The Morgan fingerprint density at radius 2 is 1.95 bits per heavy atom. The molecular weight excluding hydrogens is 236 g/mol. The van der Waals surface area contributed by atoms with Gasteiger partial charge in [-0.05, 0) is 25.7 Å². The largest absolute Gasteiger partial charge is 0.367 e. The topological polar surface area (TPSA) is 49.8 Å². The molecule has 0 unspecified atom stereocenters. The Morgan fingerprint density at radius 1 is 1.21 bits per heavy atom. The second-order valence-electron chi connectivity index (χ2n) is 5.97. The van der Waals surface area contributed by atoms with Gasteiger partial charge in [-0.15, -0.1) is 0 Å². The van der Waals surface area contributed by atoms with E-state index in [1.807, 2.05) is 13.0 Å². The van der Waals surface area contributed by atoms with Crippen LogP contribution in [0.1, 0.15) is 51.6 Å². The minimum atomic E-state index is 0.584. The SMILES string of the molecule is Cc1cc(NC2CCCCC2)nc(NCC(C)C)n1. The molecule has 4 nitrogen and oxygen atoms in total. The lowest BCUT2D eigenvalue weighted by Crippen LogP contribution is -2.23. The number of hydrogen-bond donors (Lipinski definition) is 2. The van der Waals surface area contributed by atoms with Gasteiger partial charge in [0.2, 0.25) is 5.95 Å². The molecule has 1 aromatic rings. The molecule has 1 saturated carbocycles. The second-order valence-corrected chi connectivity index (χ2v) is 5.97. The van der Waals surface area contributed by atoms with E-state index in [2.05, 4.69) is 34.4 Å². The number of nitrogens with zero attached hydrogens (tertiary/aromatic N) is 2. The highest BCUT2D eigenvalue weighted by molar-refractivity contribution is 5.42. The molecule has 1 fully saturated rings. The summed E-state index contributed by atoms with van der Waals surface area (Å²) in [6.07, 6.45) is 6.57. The van der Waals surface area contributed by atoms with Gasteiger partial charge >= 0.3 is 0 Å². The minimum absolute atomic E-state index is 0.584. The molecule has 1 aliphatic rings. The van der Waals surface area contributed by atoms with Crippen molar-refractivity contribution in [1.82, 2.24) is 9.97 Å². The summed E-state index contributed by atoms with van der Waals surface area (Å²) in [4.78, 5) is 9.00. The van der Waals surface area contributed by atoms with Crippen LogP contribution in [0.25, 0.3) is 0 Å². The van der Waals surface area contributed by atoms with Gasteiger partial charge in [0.1, 0.15) is 5.82 Å². The first-order chi connectivity index (χ1) is 9.13. The zero-order valence-electron chi connectivity index (χ0n) is 12.4. The van der Waals surface area contributed by atoms with Crippen molar-refractivity contribution < 1.29 is 0 Å². The van der Waals surface area contributed by atoms with Crippen LogP contribution in [0.3, 0.4) is 0 Å². The van der Waals surface area contributed by atoms with Crippen molar-refractivity contribution in [1.29, 1.82) is 0 Å². The minimum Gasteiger partial charge on any atom is -0.367 e. The Labute approximate surface area is 116 Å². The molecule has 0 amide bonds. The van der Waals surface area contributed by atoms with Crippen molar-refractivity contribution in [2.75, 3.05) is 17.2 Å². The van der Waals surface area contributed by atoms with Crippen molar-refractivity contribution in [2.24, 2.45) is 5.92 Å². The van der Waals surface area contributed by atoms with Gasteiger partial charge in [-0.1, -0.05) is 33.1 Å². The average molecular weight is 262 g/mol. The van der Waals surface area contributed by atoms with Gasteiger partial charge in [0.25, 0.3) is 0 Å². The average Bonchev–Trinajstić information content (AvgIpc) is 2.37. The van der Waals surface area contributed by atoms with Crippen LogP contribution in [0.2, 0.25) is 0 Å². The van der Waals surface area contributed by atoms with Crippen LogP contribution in [-0.2, 0) is 0 Å². The van der Waals surface area contributed by atoms with E-state index in [-0.39, 0.29) is 0 Å². The molecule has 1 aliphatic carbocycles. The predicted molar refractivity (Wildman–Crippen MR) is 80.6 cm³/mol. The number of nitrogens with one attached hydrogen (secondary N) is 2. The molecule has 0 bridgehead atoms. The lowest BCUT2D eigenvalue weighted by atomic mass is 9.95. The summed E-state index contributed by atoms with van der Waals surface area (Å²) in [5, 5.41) is 6.86. The zero-order valence-corrected chi connectivity index (χ0v) is 12.4. The lowest BCUT2D eigenvalue weighted by Gasteiger charge is -2.23. The van der Waals surface area contributed by atoms with Gasteiger partial charge in [0.15, 0.2) is 0 Å². The van der Waals surface area contributed by atoms with Crippen molar-refractivity contribution in [3.05, 3.63) is 11.8 Å². The van der Waals surface area contributed by atoms with E-state index in [1.54, 1.807) is 0 Å². The van der Waals surface area contributed by atoms with Crippen LogP contribution < -0.4 is 10.6 Å². The molecule has 1 aromatic heterocycles. The third-order valence-corrected chi connectivity index (χ3v) is 3.48. The lowest BCUT2D eigenvalue weighted by molar-refractivity contribution is 0.462. The highest BCUT2D eigenvalue weighted by Gasteiger charge is 2.14. The Kier molecular flexibility index (Phi) is 5.00. The molecule has 106 valence electrons. The zero-order chi connectivity index (χ0) is 13.7. The van der Waals surface area contributed by atoms with E-state index < -0.39 is 0 Å². The molecule has 0 atom stereocenters. The summed E-state index contributed by atoms with van der Waals surface area (Å²) < 4.78 is 0. The fourth-order valence-corrected chi connectivity index (χ4v) is 2.47. The Hall–Kier alpha value is -1.32. The van der Waals surface area contributed by atoms with Crippen LogP contribution in [0.4, 0.5) is 11.8 Å². The molecule has 2 rings (SSSR count). The first-order valence-corrected chi connectivity index (χ1v) is 7.49. The first-order valence-electron chi connectivity index (χ1n) is 7.49. The molecule has 0 aromatic carbocycles. The summed E-state index contributed by atoms with van der Waals surface area (Å²) in [6.45, 7) is 7.30. The van der Waals surface area contributed by atoms with Gasteiger partial charge in [0, 0.05) is 24.3 Å². The normalized spacial score (nSPS) is 16.6. The maximum Gasteiger partial charge on any atom is 0.224 e. The summed E-state index contributed by atoms with van der Waals surface area (Å²) in [5.41, 5.74) is 1.01.